The number of oxazole rings is 1. The van der Waals surface area contributed by atoms with Gasteiger partial charge in [-0.3, -0.25) is 4.79 Å². The summed E-state index contributed by atoms with van der Waals surface area (Å²) in [6.45, 7) is 15.1. The largest absolute Gasteiger partial charge is 0.480 e. The molecule has 34 heavy (non-hydrogen) atoms. The van der Waals surface area contributed by atoms with Crippen molar-refractivity contribution in [3.63, 3.8) is 0 Å². The van der Waals surface area contributed by atoms with Gasteiger partial charge in [0.05, 0.1) is 12.7 Å². The molecule has 1 aliphatic carbocycles. The Bertz CT molecular complexity index is 958. The van der Waals surface area contributed by atoms with Crippen LogP contribution in [0.4, 0.5) is 0 Å². The van der Waals surface area contributed by atoms with Gasteiger partial charge in [0.15, 0.2) is 0 Å². The second kappa shape index (κ2) is 10.6. The highest BCUT2D eigenvalue weighted by molar-refractivity contribution is 5.80. The number of benzene rings is 1. The molecule has 6 nitrogen and oxygen atoms in total. The first-order valence-electron chi connectivity index (χ1n) is 12.6. The lowest BCUT2D eigenvalue weighted by Crippen LogP contribution is -2.65. The number of aryl methyl sites for hydroxylation is 2. The zero-order valence-corrected chi connectivity index (χ0v) is 21.9. The van der Waals surface area contributed by atoms with Crippen LogP contribution in [0, 0.1) is 31.1 Å². The van der Waals surface area contributed by atoms with Crippen molar-refractivity contribution < 1.29 is 19.1 Å². The summed E-state index contributed by atoms with van der Waals surface area (Å²) in [5, 5.41) is 13.6. The van der Waals surface area contributed by atoms with Crippen molar-refractivity contribution >= 4 is 5.97 Å². The Hall–Kier alpha value is -2.18. The number of hydrogen-bond donors (Lipinski definition) is 2. The van der Waals surface area contributed by atoms with Crippen LogP contribution < -0.4 is 5.32 Å². The van der Waals surface area contributed by atoms with E-state index < -0.39 is 16.9 Å². The number of aliphatic carboxylic acids is 1. The van der Waals surface area contributed by atoms with Gasteiger partial charge >= 0.3 is 5.97 Å². The number of carbonyl (C=O) groups is 1. The minimum Gasteiger partial charge on any atom is -0.480 e. The predicted molar refractivity (Wildman–Crippen MR) is 135 cm³/mol. The van der Waals surface area contributed by atoms with E-state index in [1.165, 1.54) is 5.56 Å². The molecule has 1 fully saturated rings. The first-order chi connectivity index (χ1) is 15.9. The van der Waals surface area contributed by atoms with Gasteiger partial charge < -0.3 is 19.6 Å². The van der Waals surface area contributed by atoms with Gasteiger partial charge in [0, 0.05) is 5.56 Å². The zero-order chi connectivity index (χ0) is 25.1. The highest BCUT2D eigenvalue weighted by Gasteiger charge is 2.51. The molecule has 1 saturated carbocycles. The van der Waals surface area contributed by atoms with Crippen molar-refractivity contribution in [2.75, 3.05) is 6.54 Å². The first kappa shape index (κ1) is 26.4. The summed E-state index contributed by atoms with van der Waals surface area (Å²) in [6, 6.07) is 8.16. The molecule has 2 aromatic rings. The number of ether oxygens (including phenoxy) is 1. The molecule has 0 unspecified atom stereocenters. The van der Waals surface area contributed by atoms with Gasteiger partial charge in [-0.25, -0.2) is 4.98 Å². The molecule has 1 aromatic carbocycles. The zero-order valence-electron chi connectivity index (χ0n) is 21.9. The van der Waals surface area contributed by atoms with Gasteiger partial charge in [-0.15, -0.1) is 0 Å². The molecule has 2 N–H and O–H groups in total. The normalized spacial score (nSPS) is 20.9. The van der Waals surface area contributed by atoms with Crippen molar-refractivity contribution in [1.29, 1.82) is 0 Å². The van der Waals surface area contributed by atoms with Crippen LogP contribution in [0.25, 0.3) is 11.5 Å². The molecule has 3 rings (SSSR count). The first-order valence-corrected chi connectivity index (χ1v) is 12.6. The second-order valence-electron chi connectivity index (χ2n) is 11.3. The summed E-state index contributed by atoms with van der Waals surface area (Å²) >= 11 is 0. The number of hydrogen-bond acceptors (Lipinski definition) is 5. The van der Waals surface area contributed by atoms with Crippen LogP contribution in [-0.2, 0) is 16.1 Å². The molecular weight excluding hydrogens is 428 g/mol. The van der Waals surface area contributed by atoms with Gasteiger partial charge in [0.2, 0.25) is 5.89 Å². The minimum absolute atomic E-state index is 0.0292. The molecule has 0 radical (unpaired) electrons. The standard InChI is InChI=1S/C28H42N2O4/c1-18(2)28(26(31)32,27(5,6)7)29-16-21-9-8-10-23(15-21)33-17-24-20(4)34-25(30-24)22-13-11-19(3)12-14-22/h11-14,18,21,23,29H,8-10,15-17H2,1-7H3,(H,31,32)/t21-,23+,28+/m0/s1. The molecule has 0 amide bonds. The lowest BCUT2D eigenvalue weighted by Gasteiger charge is -2.46. The van der Waals surface area contributed by atoms with Crippen molar-refractivity contribution in [1.82, 2.24) is 10.3 Å². The fraction of sp³-hybridized carbons (Fsp3) is 0.643. The van der Waals surface area contributed by atoms with E-state index in [1.54, 1.807) is 0 Å². The molecule has 188 valence electrons. The van der Waals surface area contributed by atoms with E-state index in [2.05, 4.69) is 29.4 Å². The molecule has 0 bridgehead atoms. The number of rotatable bonds is 9. The van der Waals surface area contributed by atoms with E-state index in [0.717, 1.165) is 42.7 Å². The lowest BCUT2D eigenvalue weighted by molar-refractivity contribution is -0.153. The third kappa shape index (κ3) is 5.72. The Balaban J connectivity index is 1.59. The third-order valence-electron chi connectivity index (χ3n) is 7.44. The Morgan fingerprint density at radius 3 is 2.47 bits per heavy atom. The highest BCUT2D eigenvalue weighted by atomic mass is 16.5. The van der Waals surface area contributed by atoms with Crippen LogP contribution >= 0.6 is 0 Å². The van der Waals surface area contributed by atoms with E-state index in [1.807, 2.05) is 53.7 Å². The van der Waals surface area contributed by atoms with Crippen LogP contribution in [0.2, 0.25) is 0 Å². The van der Waals surface area contributed by atoms with Gasteiger partial charge in [-0.05, 0) is 69.0 Å². The Morgan fingerprint density at radius 2 is 1.88 bits per heavy atom. The summed E-state index contributed by atoms with van der Waals surface area (Å²) < 4.78 is 12.2. The average Bonchev–Trinajstić information content (AvgIpc) is 3.12. The topological polar surface area (TPSA) is 84.6 Å². The molecule has 0 aliphatic heterocycles. The van der Waals surface area contributed by atoms with Crippen LogP contribution in [0.5, 0.6) is 0 Å². The van der Waals surface area contributed by atoms with Crippen molar-refractivity contribution in [2.45, 2.75) is 92.4 Å². The van der Waals surface area contributed by atoms with Crippen molar-refractivity contribution in [2.24, 2.45) is 17.3 Å². The number of nitrogens with one attached hydrogen (secondary N) is 1. The summed E-state index contributed by atoms with van der Waals surface area (Å²) in [5.74, 6) is 1.00. The van der Waals surface area contributed by atoms with E-state index in [4.69, 9.17) is 9.15 Å². The fourth-order valence-corrected chi connectivity index (χ4v) is 5.44. The maximum Gasteiger partial charge on any atom is 0.324 e. The second-order valence-corrected chi connectivity index (χ2v) is 11.3. The highest BCUT2D eigenvalue weighted by Crippen LogP contribution is 2.38. The summed E-state index contributed by atoms with van der Waals surface area (Å²) in [4.78, 5) is 17.0. The molecule has 1 aliphatic rings. The molecule has 6 heteroatoms. The molecule has 0 spiro atoms. The number of aromatic nitrogens is 1. The molecule has 1 aromatic heterocycles. The maximum absolute atomic E-state index is 12.4. The quantitative estimate of drug-likeness (QED) is 0.457. The number of carboxylic acids is 1. The van der Waals surface area contributed by atoms with Crippen LogP contribution in [0.3, 0.4) is 0 Å². The summed E-state index contributed by atoms with van der Waals surface area (Å²) in [6.07, 6.45) is 4.26. The predicted octanol–water partition coefficient (Wildman–Crippen LogP) is 6.15. The number of nitrogens with zero attached hydrogens (tertiary/aromatic N) is 1. The van der Waals surface area contributed by atoms with Gasteiger partial charge in [0.25, 0.3) is 0 Å². The van der Waals surface area contributed by atoms with Gasteiger partial charge in [0.1, 0.15) is 17.0 Å². The molecule has 3 atom stereocenters. The van der Waals surface area contributed by atoms with Crippen LogP contribution in [0.1, 0.15) is 77.3 Å². The van der Waals surface area contributed by atoms with Gasteiger partial charge in [-0.2, -0.15) is 0 Å². The molecule has 0 saturated heterocycles. The Labute approximate surface area is 204 Å². The van der Waals surface area contributed by atoms with Crippen LogP contribution in [0.15, 0.2) is 28.7 Å². The molecule has 1 heterocycles. The van der Waals surface area contributed by atoms with Crippen molar-refractivity contribution in [3.05, 3.63) is 41.3 Å². The SMILES string of the molecule is Cc1ccc(-c2nc(CO[C@@H]3CCC[C@H](CN[C@@](C(=O)O)(C(C)C)C(C)(C)C)C3)c(C)o2)cc1. The average molecular weight is 471 g/mol. The van der Waals surface area contributed by atoms with E-state index >= 15 is 0 Å². The minimum atomic E-state index is -0.967. The van der Waals surface area contributed by atoms with Gasteiger partial charge in [-0.1, -0.05) is 58.7 Å². The molecular formula is C28H42N2O4. The summed E-state index contributed by atoms with van der Waals surface area (Å²) in [7, 11) is 0. The fourth-order valence-electron chi connectivity index (χ4n) is 5.44. The third-order valence-corrected chi connectivity index (χ3v) is 7.44. The lowest BCUT2D eigenvalue weighted by atomic mass is 9.66. The van der Waals surface area contributed by atoms with E-state index in [-0.39, 0.29) is 12.0 Å². The van der Waals surface area contributed by atoms with Crippen LogP contribution in [-0.4, -0.2) is 34.2 Å². The summed E-state index contributed by atoms with van der Waals surface area (Å²) in [5.41, 5.74) is 1.64. The monoisotopic (exact) mass is 470 g/mol. The van der Waals surface area contributed by atoms with E-state index in [0.29, 0.717) is 25.0 Å². The number of carboxylic acid groups (broad SMARTS) is 1. The Morgan fingerprint density at radius 1 is 1.21 bits per heavy atom. The van der Waals surface area contributed by atoms with E-state index in [9.17, 15) is 9.90 Å². The smallest absolute Gasteiger partial charge is 0.324 e. The Kier molecular flexibility index (Phi) is 8.25. The maximum atomic E-state index is 12.4. The van der Waals surface area contributed by atoms with Crippen molar-refractivity contribution in [3.8, 4) is 11.5 Å².